The van der Waals surface area contributed by atoms with Gasteiger partial charge in [0.2, 0.25) is 53.2 Å². The first-order chi connectivity index (χ1) is 43.9. The Labute approximate surface area is 539 Å². The number of aliphatic hydroxyl groups is 1. The van der Waals surface area contributed by atoms with Crippen molar-refractivity contribution in [2.45, 2.75) is 195 Å². The Morgan fingerprint density at radius 2 is 1.35 bits per heavy atom. The number of nitrogens with two attached hydrogens (primary N) is 1. The van der Waals surface area contributed by atoms with Crippen LogP contribution in [0.1, 0.15) is 133 Å². The summed E-state index contributed by atoms with van der Waals surface area (Å²) in [5, 5.41) is 34.2. The highest BCUT2D eigenvalue weighted by Crippen LogP contribution is 2.39. The van der Waals surface area contributed by atoms with Crippen molar-refractivity contribution in [1.29, 1.82) is 0 Å². The van der Waals surface area contributed by atoms with Crippen molar-refractivity contribution < 1.29 is 57.0 Å². The molecule has 0 spiro atoms. The number of hydrogen-bond acceptors (Lipinski definition) is 14. The first-order valence-electron chi connectivity index (χ1n) is 32.8. The summed E-state index contributed by atoms with van der Waals surface area (Å²) in [6.07, 6.45) is 6.86. The first-order valence-corrected chi connectivity index (χ1v) is 35.1. The maximum absolute atomic E-state index is 15.3. The molecule has 498 valence electrons. The number of unbranched alkanes of at least 4 members (excludes halogenated alkanes) is 1. The summed E-state index contributed by atoms with van der Waals surface area (Å²) in [6, 6.07) is 4.40. The standard InChI is InChI=1S/C65H92F2N12O10S2/c1-38-59(83)76-53(28-39-12-16-46(80)17-13-39)64(88)78-23-5-10-55(78)62(86)69-22-26-91-37-41-8-4-7-40(27-41)36-90-25-20-57(81)74-51(9-2-3-21-68)60(84)72-35-58(82)75-52(29-42-33-70-49-18-14-44(66)31-47(42)49)61(85)77-54(65(89)79-24-6-11-56(79)63(87)73-38)30-43-34-71-50-19-15-45(67)32-48(43)50/h4,7-8,14,18,27,31,33,38-39,43,45-46,48,50-56,70-71,80H,2-3,5-6,9-13,15-17,19-26,28-30,32,34-37,68H2,1H3,(H,69,86)(H,72,84)(H,73,87)(H,74,81)(H,75,82)(H,76,83)(H,77,85)/t38-,39?,43?,45?,46?,48?,50?,51-,52-,53-,54-,55-,56-/m0/s1. The quantitative estimate of drug-likeness (QED) is 0.130. The van der Waals surface area contributed by atoms with Crippen LogP contribution in [0.3, 0.4) is 0 Å². The molecule has 4 aliphatic heterocycles. The van der Waals surface area contributed by atoms with E-state index in [9.17, 15) is 43.1 Å². The van der Waals surface area contributed by atoms with Crippen LogP contribution in [0.4, 0.5) is 8.78 Å². The Bertz CT molecular complexity index is 3040. The van der Waals surface area contributed by atoms with Gasteiger partial charge in [-0.3, -0.25) is 43.2 Å². The van der Waals surface area contributed by atoms with Gasteiger partial charge in [0.15, 0.2) is 0 Å². The number of amides is 9. The minimum atomic E-state index is -1.42. The van der Waals surface area contributed by atoms with Gasteiger partial charge in [0.1, 0.15) is 54.3 Å². The Balaban J connectivity index is 0.974. The van der Waals surface area contributed by atoms with Gasteiger partial charge in [0.05, 0.1) is 12.6 Å². The lowest BCUT2D eigenvalue weighted by atomic mass is 9.77. The lowest BCUT2D eigenvalue weighted by Crippen LogP contribution is -2.59. The average Bonchev–Trinajstić information content (AvgIpc) is 1.96. The number of aromatic amines is 1. The Morgan fingerprint density at radius 1 is 0.670 bits per heavy atom. The number of rotatable bonds is 10. The Morgan fingerprint density at radius 3 is 2.08 bits per heavy atom. The van der Waals surface area contributed by atoms with Gasteiger partial charge in [-0.05, 0) is 175 Å². The van der Waals surface area contributed by atoms with Crippen LogP contribution in [0.15, 0.2) is 48.7 Å². The maximum Gasteiger partial charge on any atom is 0.245 e. The first kappa shape index (κ1) is 69.0. The zero-order chi connectivity index (χ0) is 64.6. The van der Waals surface area contributed by atoms with Crippen LogP contribution in [-0.4, -0.2) is 184 Å². The van der Waals surface area contributed by atoms with Gasteiger partial charge < -0.3 is 68.2 Å². The van der Waals surface area contributed by atoms with Crippen LogP contribution < -0.4 is 48.3 Å². The summed E-state index contributed by atoms with van der Waals surface area (Å²) in [6.45, 7) is 2.46. The minimum Gasteiger partial charge on any atom is -0.393 e. The van der Waals surface area contributed by atoms with Crippen LogP contribution in [0.5, 0.6) is 0 Å². The number of nitrogens with one attached hydrogen (secondary N) is 9. The predicted octanol–water partition coefficient (Wildman–Crippen LogP) is 3.26. The molecule has 9 amide bonds. The van der Waals surface area contributed by atoms with Gasteiger partial charge in [0, 0.05) is 78.6 Å². The van der Waals surface area contributed by atoms with Crippen LogP contribution in [-0.2, 0) is 61.1 Å². The molecule has 2 aliphatic carbocycles. The summed E-state index contributed by atoms with van der Waals surface area (Å²) >= 11 is 3.22. The van der Waals surface area contributed by atoms with Crippen molar-refractivity contribution in [3.8, 4) is 0 Å². The summed E-state index contributed by atoms with van der Waals surface area (Å²) in [7, 11) is 0. The van der Waals surface area contributed by atoms with E-state index < -0.39 is 108 Å². The molecule has 26 heteroatoms. The lowest BCUT2D eigenvalue weighted by Gasteiger charge is -2.34. The topological polar surface area (TPSA) is 318 Å². The van der Waals surface area contributed by atoms with Gasteiger partial charge in [-0.1, -0.05) is 24.3 Å². The van der Waals surface area contributed by atoms with Crippen LogP contribution in [0, 0.1) is 23.6 Å². The summed E-state index contributed by atoms with van der Waals surface area (Å²) in [4.78, 5) is 135. The molecule has 5 fully saturated rings. The number of H-pyrrole nitrogens is 1. The van der Waals surface area contributed by atoms with Gasteiger partial charge in [-0.25, -0.2) is 8.78 Å². The number of alkyl halides is 1. The largest absolute Gasteiger partial charge is 0.393 e. The van der Waals surface area contributed by atoms with E-state index in [1.54, 1.807) is 34.6 Å². The molecule has 6 aliphatic rings. The van der Waals surface area contributed by atoms with Crippen LogP contribution >= 0.6 is 23.5 Å². The van der Waals surface area contributed by atoms with Gasteiger partial charge in [-0.2, -0.15) is 23.5 Å². The van der Waals surface area contributed by atoms with E-state index >= 15 is 14.0 Å². The number of thioether (sulfide) groups is 2. The number of hydrogen-bond donors (Lipinski definition) is 11. The number of aliphatic hydroxyl groups excluding tert-OH is 1. The van der Waals surface area contributed by atoms with E-state index in [-0.39, 0.29) is 87.1 Å². The molecule has 2 aromatic carbocycles. The third kappa shape index (κ3) is 19.1. The highest BCUT2D eigenvalue weighted by atomic mass is 32.2. The number of carbonyl (C=O) groups excluding carboxylic acids is 9. The van der Waals surface area contributed by atoms with Crippen molar-refractivity contribution in [3.63, 3.8) is 0 Å². The van der Waals surface area contributed by atoms with Crippen molar-refractivity contribution in [3.05, 3.63) is 71.2 Å². The van der Waals surface area contributed by atoms with E-state index in [0.29, 0.717) is 136 Å². The number of halogens is 2. The molecule has 5 heterocycles. The van der Waals surface area contributed by atoms with Crippen molar-refractivity contribution in [1.82, 2.24) is 57.3 Å². The number of aromatic nitrogens is 1. The molecule has 2 saturated carbocycles. The predicted molar refractivity (Wildman–Crippen MR) is 344 cm³/mol. The van der Waals surface area contributed by atoms with Gasteiger partial charge in [-0.15, -0.1) is 0 Å². The van der Waals surface area contributed by atoms with Crippen LogP contribution in [0.2, 0.25) is 0 Å². The number of nitrogens with zero attached hydrogens (tertiary/aromatic N) is 2. The summed E-state index contributed by atoms with van der Waals surface area (Å²) < 4.78 is 30.0. The third-order valence-corrected chi connectivity index (χ3v) is 21.1. The van der Waals surface area contributed by atoms with Gasteiger partial charge in [0.25, 0.3) is 0 Å². The second kappa shape index (κ2) is 33.5. The molecule has 12 N–H and O–H groups in total. The van der Waals surface area contributed by atoms with Crippen molar-refractivity contribution in [2.24, 2.45) is 23.5 Å². The molecule has 0 radical (unpaired) electrons. The smallest absolute Gasteiger partial charge is 0.245 e. The van der Waals surface area contributed by atoms with Crippen molar-refractivity contribution in [2.75, 3.05) is 50.8 Å². The number of fused-ring (bicyclic) bond motifs is 6. The number of carbonyl (C=O) groups is 9. The molecule has 3 saturated heterocycles. The third-order valence-electron chi connectivity index (χ3n) is 19.0. The van der Waals surface area contributed by atoms with E-state index in [1.807, 2.05) is 18.2 Å². The minimum absolute atomic E-state index is 0.00670. The average molecular weight is 1300 g/mol. The highest BCUT2D eigenvalue weighted by molar-refractivity contribution is 7.98. The fraction of sp³-hybridized carbons (Fsp3) is 0.646. The monoisotopic (exact) mass is 1300 g/mol. The zero-order valence-corrected chi connectivity index (χ0v) is 53.7. The second-order valence-corrected chi connectivity index (χ2v) is 27.9. The molecular weight excluding hydrogens is 1210 g/mol. The molecule has 91 heavy (non-hydrogen) atoms. The zero-order valence-electron chi connectivity index (χ0n) is 52.1. The molecule has 11 atom stereocenters. The van der Waals surface area contributed by atoms with E-state index in [1.165, 1.54) is 30.0 Å². The number of benzene rings is 2. The highest BCUT2D eigenvalue weighted by Gasteiger charge is 2.46. The fourth-order valence-corrected chi connectivity index (χ4v) is 15.8. The van der Waals surface area contributed by atoms with Crippen LogP contribution in [0.25, 0.3) is 10.9 Å². The lowest BCUT2D eigenvalue weighted by molar-refractivity contribution is -0.143. The molecule has 3 aromatic rings. The maximum atomic E-state index is 15.3. The molecule has 1 aromatic heterocycles. The second-order valence-electron chi connectivity index (χ2n) is 25.6. The molecule has 22 nitrogen and oxygen atoms in total. The fourth-order valence-electron chi connectivity index (χ4n) is 14.1. The summed E-state index contributed by atoms with van der Waals surface area (Å²) in [5.41, 5.74) is 8.96. The molecule has 9 rings (SSSR count). The normalized spacial score (nSPS) is 30.6. The van der Waals surface area contributed by atoms with E-state index in [4.69, 9.17) is 5.73 Å². The molecular formula is C65H92F2N12O10S2. The van der Waals surface area contributed by atoms with Crippen molar-refractivity contribution >= 4 is 87.6 Å². The SMILES string of the molecule is C[C@@H]1NC(=O)[C@@H]2CCCN2C(=O)[C@H](CC2CNC3CCC(F)CC23)NC(=O)[C@H](Cc2c[nH]c3ccc(F)cc23)NC(=O)CNC(=O)[C@H](CCCCN)NC(=O)CCSCc2cccc(c2)CSCCNC(=O)[C@@H]2CCCN2C(=O)[C@H](CC2CCC(O)CC2)NC1=O. The molecule has 4 unspecified atom stereocenters. The summed E-state index contributed by atoms with van der Waals surface area (Å²) in [5.74, 6) is -3.77. The Kier molecular flexibility index (Phi) is 25.4. The van der Waals surface area contributed by atoms with E-state index in [0.717, 1.165) is 11.1 Å². The molecule has 2 bridgehead atoms. The van der Waals surface area contributed by atoms with E-state index in [2.05, 4.69) is 53.6 Å². The van der Waals surface area contributed by atoms with Gasteiger partial charge >= 0.3 is 0 Å². The Hall–Kier alpha value is -6.35.